The van der Waals surface area contributed by atoms with Crippen LogP contribution in [0, 0.1) is 12.3 Å². The number of rotatable bonds is 4. The molecule has 2 aromatic rings. The lowest BCUT2D eigenvalue weighted by Crippen LogP contribution is -2.31. The zero-order chi connectivity index (χ0) is 13.6. The zero-order valence-corrected chi connectivity index (χ0v) is 11.1. The fourth-order valence-corrected chi connectivity index (χ4v) is 2.50. The van der Waals surface area contributed by atoms with Gasteiger partial charge in [-0.25, -0.2) is 4.98 Å². The van der Waals surface area contributed by atoms with Gasteiger partial charge in [0.25, 0.3) is 0 Å². The molecule has 0 spiro atoms. The highest BCUT2D eigenvalue weighted by Crippen LogP contribution is 2.46. The molecule has 0 bridgehead atoms. The first kappa shape index (κ1) is 12.0. The summed E-state index contributed by atoms with van der Waals surface area (Å²) in [6, 6.07) is 5.97. The number of carbonyl (C=O) groups is 1. The largest absolute Gasteiger partial charge is 0.481 e. The first-order valence-corrected chi connectivity index (χ1v) is 6.41. The van der Waals surface area contributed by atoms with E-state index in [0.717, 1.165) is 35.4 Å². The van der Waals surface area contributed by atoms with Gasteiger partial charge in [-0.3, -0.25) is 4.79 Å². The molecule has 0 aliphatic heterocycles. The molecule has 1 aliphatic rings. The highest BCUT2D eigenvalue weighted by Gasteiger charge is 2.50. The second-order valence-electron chi connectivity index (χ2n) is 5.47. The third-order valence-electron chi connectivity index (χ3n) is 3.87. The van der Waals surface area contributed by atoms with E-state index in [4.69, 9.17) is 0 Å². The van der Waals surface area contributed by atoms with Crippen LogP contribution in [0.15, 0.2) is 18.2 Å². The second kappa shape index (κ2) is 3.98. The minimum Gasteiger partial charge on any atom is -0.481 e. The number of carboxylic acid groups (broad SMARTS) is 1. The van der Waals surface area contributed by atoms with Crippen LogP contribution in [-0.2, 0) is 4.79 Å². The molecule has 3 rings (SSSR count). The van der Waals surface area contributed by atoms with E-state index in [0.29, 0.717) is 6.54 Å². The molecule has 1 saturated carbocycles. The molecule has 5 nitrogen and oxygen atoms in total. The van der Waals surface area contributed by atoms with Crippen molar-refractivity contribution in [2.24, 2.45) is 5.41 Å². The molecule has 2 N–H and O–H groups in total. The Bertz CT molecular complexity index is 643. The summed E-state index contributed by atoms with van der Waals surface area (Å²) >= 11 is 0. The van der Waals surface area contributed by atoms with Gasteiger partial charge in [0.05, 0.1) is 16.4 Å². The maximum Gasteiger partial charge on any atom is 0.311 e. The highest BCUT2D eigenvalue weighted by molar-refractivity contribution is 5.81. The van der Waals surface area contributed by atoms with E-state index >= 15 is 0 Å². The first-order chi connectivity index (χ1) is 9.00. The number of aliphatic carboxylic acids is 1. The standard InChI is InChI=1S/C14H17N3O2/c1-9-15-11-4-3-10(7-12(11)16-9)17(2)8-14(5-6-14)13(18)19/h3-4,7H,5-6,8H2,1-2H3,(H,15,16)(H,18,19). The summed E-state index contributed by atoms with van der Waals surface area (Å²) in [5.41, 5.74) is 2.41. The summed E-state index contributed by atoms with van der Waals surface area (Å²) < 4.78 is 0. The third-order valence-corrected chi connectivity index (χ3v) is 3.87. The Kier molecular flexibility index (Phi) is 2.52. The van der Waals surface area contributed by atoms with Gasteiger partial charge in [0.1, 0.15) is 5.82 Å². The van der Waals surface area contributed by atoms with Crippen LogP contribution < -0.4 is 4.90 Å². The molecule has 0 saturated heterocycles. The molecule has 1 aliphatic carbocycles. The summed E-state index contributed by atoms with van der Waals surface area (Å²) in [5, 5.41) is 9.23. The van der Waals surface area contributed by atoms with Crippen molar-refractivity contribution < 1.29 is 9.90 Å². The van der Waals surface area contributed by atoms with E-state index in [1.807, 2.05) is 37.1 Å². The predicted octanol–water partition coefficient (Wildman–Crippen LogP) is 2.17. The van der Waals surface area contributed by atoms with Crippen LogP contribution in [0.1, 0.15) is 18.7 Å². The van der Waals surface area contributed by atoms with Crippen molar-refractivity contribution in [1.82, 2.24) is 9.97 Å². The number of H-pyrrole nitrogens is 1. The lowest BCUT2D eigenvalue weighted by Gasteiger charge is -2.23. The van der Waals surface area contributed by atoms with Gasteiger partial charge >= 0.3 is 5.97 Å². The molecule has 5 heteroatoms. The molecule has 0 unspecified atom stereocenters. The molecule has 0 atom stereocenters. The van der Waals surface area contributed by atoms with Crippen LogP contribution >= 0.6 is 0 Å². The van der Waals surface area contributed by atoms with Gasteiger partial charge in [0.2, 0.25) is 0 Å². The molecule has 0 amide bonds. The lowest BCUT2D eigenvalue weighted by molar-refractivity contribution is -0.142. The Morgan fingerprint density at radius 3 is 2.89 bits per heavy atom. The third kappa shape index (κ3) is 2.05. The van der Waals surface area contributed by atoms with E-state index in [1.54, 1.807) is 0 Å². The Balaban J connectivity index is 1.85. The van der Waals surface area contributed by atoms with E-state index in [2.05, 4.69) is 9.97 Å². The van der Waals surface area contributed by atoms with E-state index in [1.165, 1.54) is 0 Å². The summed E-state index contributed by atoms with van der Waals surface area (Å²) in [7, 11) is 1.94. The number of carboxylic acids is 1. The first-order valence-electron chi connectivity index (χ1n) is 6.41. The van der Waals surface area contributed by atoms with E-state index in [-0.39, 0.29) is 0 Å². The summed E-state index contributed by atoms with van der Waals surface area (Å²) in [4.78, 5) is 20.8. The molecule has 1 heterocycles. The monoisotopic (exact) mass is 259 g/mol. The van der Waals surface area contributed by atoms with Crippen LogP contribution in [0.25, 0.3) is 11.0 Å². The summed E-state index contributed by atoms with van der Waals surface area (Å²) in [5.74, 6) is 0.205. The van der Waals surface area contributed by atoms with Gasteiger partial charge in [-0.1, -0.05) is 0 Å². The van der Waals surface area contributed by atoms with Gasteiger partial charge in [0.15, 0.2) is 0 Å². The normalized spacial score (nSPS) is 16.5. The van der Waals surface area contributed by atoms with Crippen LogP contribution in [0.5, 0.6) is 0 Å². The minimum atomic E-state index is -0.683. The van der Waals surface area contributed by atoms with Gasteiger partial charge in [-0.05, 0) is 38.0 Å². The van der Waals surface area contributed by atoms with Crippen molar-refractivity contribution in [2.75, 3.05) is 18.5 Å². The number of benzene rings is 1. The lowest BCUT2D eigenvalue weighted by atomic mass is 10.1. The van der Waals surface area contributed by atoms with E-state index < -0.39 is 11.4 Å². The number of nitrogens with one attached hydrogen (secondary N) is 1. The summed E-state index contributed by atoms with van der Waals surface area (Å²) in [6.07, 6.45) is 1.55. The Labute approximate surface area is 111 Å². The van der Waals surface area contributed by atoms with Crippen molar-refractivity contribution in [3.63, 3.8) is 0 Å². The molecule has 1 fully saturated rings. The van der Waals surface area contributed by atoms with Crippen molar-refractivity contribution in [3.8, 4) is 0 Å². The van der Waals surface area contributed by atoms with Crippen LogP contribution in [0.4, 0.5) is 5.69 Å². The second-order valence-corrected chi connectivity index (χ2v) is 5.47. The molecule has 0 radical (unpaired) electrons. The average molecular weight is 259 g/mol. The molecular weight excluding hydrogens is 242 g/mol. The molecule has 100 valence electrons. The van der Waals surface area contributed by atoms with E-state index in [9.17, 15) is 9.90 Å². The van der Waals surface area contributed by atoms with Gasteiger partial charge < -0.3 is 15.0 Å². The highest BCUT2D eigenvalue weighted by atomic mass is 16.4. The van der Waals surface area contributed by atoms with Crippen molar-refractivity contribution in [3.05, 3.63) is 24.0 Å². The Morgan fingerprint density at radius 1 is 1.53 bits per heavy atom. The number of anilines is 1. The van der Waals surface area contributed by atoms with Gasteiger partial charge in [-0.2, -0.15) is 0 Å². The molecule has 1 aromatic carbocycles. The number of hydrogen-bond donors (Lipinski definition) is 2. The smallest absolute Gasteiger partial charge is 0.311 e. The van der Waals surface area contributed by atoms with Crippen LogP contribution in [0.2, 0.25) is 0 Å². The van der Waals surface area contributed by atoms with Crippen molar-refractivity contribution in [2.45, 2.75) is 19.8 Å². The SMILES string of the molecule is Cc1nc2ccc(N(C)CC3(C(=O)O)CC3)cc2[nH]1. The summed E-state index contributed by atoms with van der Waals surface area (Å²) in [6.45, 7) is 2.48. The number of nitrogens with zero attached hydrogens (tertiary/aromatic N) is 2. The number of aryl methyl sites for hydroxylation is 1. The maximum atomic E-state index is 11.2. The zero-order valence-electron chi connectivity index (χ0n) is 11.1. The molecule has 1 aromatic heterocycles. The number of aromatic amines is 1. The fraction of sp³-hybridized carbons (Fsp3) is 0.429. The Morgan fingerprint density at radius 2 is 2.26 bits per heavy atom. The topological polar surface area (TPSA) is 69.2 Å². The van der Waals surface area contributed by atoms with Crippen LogP contribution in [0.3, 0.4) is 0 Å². The number of aromatic nitrogens is 2. The number of fused-ring (bicyclic) bond motifs is 1. The van der Waals surface area contributed by atoms with Crippen molar-refractivity contribution >= 4 is 22.7 Å². The minimum absolute atomic E-state index is 0.534. The van der Waals surface area contributed by atoms with Gasteiger partial charge in [-0.15, -0.1) is 0 Å². The Hall–Kier alpha value is -2.04. The van der Waals surface area contributed by atoms with Crippen molar-refractivity contribution in [1.29, 1.82) is 0 Å². The molecular formula is C14H17N3O2. The molecule has 19 heavy (non-hydrogen) atoms. The average Bonchev–Trinajstić information content (AvgIpc) is 3.03. The predicted molar refractivity (Wildman–Crippen MR) is 73.4 cm³/mol. The quantitative estimate of drug-likeness (QED) is 0.883. The number of hydrogen-bond acceptors (Lipinski definition) is 3. The fourth-order valence-electron chi connectivity index (χ4n) is 2.50. The maximum absolute atomic E-state index is 11.2. The number of imidazole rings is 1. The van der Waals surface area contributed by atoms with Gasteiger partial charge in [0, 0.05) is 19.3 Å². The van der Waals surface area contributed by atoms with Crippen LogP contribution in [-0.4, -0.2) is 34.6 Å².